The lowest BCUT2D eigenvalue weighted by Gasteiger charge is -2.14. The molecule has 9 aromatic carbocycles. The molecule has 0 N–H and O–H groups in total. The zero-order valence-corrected chi connectivity index (χ0v) is 34.4. The second-order valence-electron chi connectivity index (χ2n) is 16.2. The molecule has 12 aromatic rings. The summed E-state index contributed by atoms with van der Waals surface area (Å²) in [5.41, 5.74) is 17.5. The van der Waals surface area contributed by atoms with Crippen molar-refractivity contribution >= 4 is 43.5 Å². The summed E-state index contributed by atoms with van der Waals surface area (Å²) in [6, 6.07) is 84.6. The third kappa shape index (κ3) is 6.55. The molecule has 0 saturated carbocycles. The molecule has 0 bridgehead atoms. The number of benzene rings is 9. The van der Waals surface area contributed by atoms with Crippen molar-refractivity contribution in [2.75, 3.05) is 0 Å². The van der Waals surface area contributed by atoms with E-state index < -0.39 is 0 Å². The highest BCUT2D eigenvalue weighted by Crippen LogP contribution is 2.39. The molecule has 0 aliphatic heterocycles. The van der Waals surface area contributed by atoms with Crippen molar-refractivity contribution in [2.45, 2.75) is 0 Å². The van der Waals surface area contributed by atoms with Gasteiger partial charge < -0.3 is 4.57 Å². The maximum Gasteiger partial charge on any atom is 0.0722 e. The van der Waals surface area contributed by atoms with Crippen LogP contribution in [0.3, 0.4) is 0 Å². The Morgan fingerprint density at radius 1 is 0.286 bits per heavy atom. The Morgan fingerprint density at radius 3 is 1.41 bits per heavy atom. The van der Waals surface area contributed by atoms with Crippen LogP contribution in [0.5, 0.6) is 0 Å². The standard InChI is InChI=1S/C60H39N3/c1-4-15-40(16-5-1)53-39-57(42-19-8-3-9-20-42)61-54-34-30-47-36-46(29-33-50(47)60(53)54)44-21-14-22-45(35-44)48-37-55(41-17-6-2-7-18-41)62-56(38-48)43-27-31-49(32-28-43)63-58-25-12-10-23-51(58)52-24-11-13-26-59(52)63/h1-39H. The van der Waals surface area contributed by atoms with Gasteiger partial charge >= 0.3 is 0 Å². The first-order valence-electron chi connectivity index (χ1n) is 21.5. The largest absolute Gasteiger partial charge is 0.309 e. The van der Waals surface area contributed by atoms with Gasteiger partial charge in [0, 0.05) is 38.5 Å². The van der Waals surface area contributed by atoms with E-state index in [1.807, 2.05) is 6.07 Å². The minimum Gasteiger partial charge on any atom is -0.309 e. The Morgan fingerprint density at radius 2 is 0.778 bits per heavy atom. The van der Waals surface area contributed by atoms with E-state index >= 15 is 0 Å². The summed E-state index contributed by atoms with van der Waals surface area (Å²) in [5, 5.41) is 6.04. The smallest absolute Gasteiger partial charge is 0.0722 e. The lowest BCUT2D eigenvalue weighted by molar-refractivity contribution is 1.18. The minimum absolute atomic E-state index is 0.932. The molecule has 0 spiro atoms. The lowest BCUT2D eigenvalue weighted by atomic mass is 9.92. The summed E-state index contributed by atoms with van der Waals surface area (Å²) in [6.45, 7) is 0. The minimum atomic E-state index is 0.932. The summed E-state index contributed by atoms with van der Waals surface area (Å²) < 4.78 is 2.36. The van der Waals surface area contributed by atoms with Gasteiger partial charge in [-0.3, -0.25) is 0 Å². The molecular weight excluding hydrogens is 763 g/mol. The molecule has 0 aliphatic carbocycles. The van der Waals surface area contributed by atoms with Gasteiger partial charge in [0.2, 0.25) is 0 Å². The molecule has 0 fully saturated rings. The molecule has 0 radical (unpaired) electrons. The van der Waals surface area contributed by atoms with Gasteiger partial charge in [0.05, 0.1) is 33.6 Å². The van der Waals surface area contributed by atoms with Crippen LogP contribution in [0.2, 0.25) is 0 Å². The molecule has 3 heteroatoms. The summed E-state index contributed by atoms with van der Waals surface area (Å²) in [6.07, 6.45) is 0. The topological polar surface area (TPSA) is 30.7 Å². The van der Waals surface area contributed by atoms with Crippen LogP contribution in [-0.2, 0) is 0 Å². The summed E-state index contributed by atoms with van der Waals surface area (Å²) in [5.74, 6) is 0. The predicted octanol–water partition coefficient (Wildman–Crippen LogP) is 15.9. The average molecular weight is 802 g/mol. The van der Waals surface area contributed by atoms with Gasteiger partial charge in [0.1, 0.15) is 0 Å². The first-order chi connectivity index (χ1) is 31.2. The van der Waals surface area contributed by atoms with Crippen LogP contribution in [0.4, 0.5) is 0 Å². The third-order valence-corrected chi connectivity index (χ3v) is 12.4. The molecule has 0 amide bonds. The van der Waals surface area contributed by atoms with Crippen molar-refractivity contribution < 1.29 is 0 Å². The molecule has 0 aliphatic rings. The quantitative estimate of drug-likeness (QED) is 0.150. The van der Waals surface area contributed by atoms with Crippen LogP contribution >= 0.6 is 0 Å². The van der Waals surface area contributed by atoms with E-state index in [0.29, 0.717) is 0 Å². The fraction of sp³-hybridized carbons (Fsp3) is 0. The fourth-order valence-corrected chi connectivity index (χ4v) is 9.31. The Balaban J connectivity index is 0.942. The normalized spacial score (nSPS) is 11.5. The van der Waals surface area contributed by atoms with E-state index in [1.54, 1.807) is 0 Å². The zero-order valence-electron chi connectivity index (χ0n) is 34.4. The number of hydrogen-bond donors (Lipinski definition) is 0. The monoisotopic (exact) mass is 801 g/mol. The van der Waals surface area contributed by atoms with Crippen LogP contribution < -0.4 is 0 Å². The number of para-hydroxylation sites is 2. The lowest BCUT2D eigenvalue weighted by Crippen LogP contribution is -1.95. The molecule has 0 unspecified atom stereocenters. The van der Waals surface area contributed by atoms with Crippen molar-refractivity contribution in [3.8, 4) is 72.8 Å². The number of rotatable bonds is 7. The first kappa shape index (κ1) is 36.5. The highest BCUT2D eigenvalue weighted by molar-refractivity contribution is 6.14. The molecule has 0 saturated heterocycles. The van der Waals surface area contributed by atoms with Gasteiger partial charge in [-0.15, -0.1) is 0 Å². The van der Waals surface area contributed by atoms with Crippen LogP contribution in [0, 0.1) is 0 Å². The second-order valence-corrected chi connectivity index (χ2v) is 16.2. The van der Waals surface area contributed by atoms with Gasteiger partial charge in [0.25, 0.3) is 0 Å². The average Bonchev–Trinajstić information content (AvgIpc) is 3.71. The van der Waals surface area contributed by atoms with Gasteiger partial charge in [0.15, 0.2) is 0 Å². The van der Waals surface area contributed by atoms with Gasteiger partial charge in [-0.25, -0.2) is 9.97 Å². The van der Waals surface area contributed by atoms with E-state index in [-0.39, 0.29) is 0 Å². The third-order valence-electron chi connectivity index (χ3n) is 12.4. The van der Waals surface area contributed by atoms with Crippen molar-refractivity contribution in [3.05, 3.63) is 237 Å². The van der Waals surface area contributed by atoms with Crippen molar-refractivity contribution in [1.29, 1.82) is 0 Å². The maximum absolute atomic E-state index is 5.27. The molecule has 3 nitrogen and oxygen atoms in total. The molecular formula is C60H39N3. The maximum atomic E-state index is 5.27. The van der Waals surface area contributed by atoms with Crippen molar-refractivity contribution in [2.24, 2.45) is 0 Å². The number of nitrogens with zero attached hydrogens (tertiary/aromatic N) is 3. The summed E-state index contributed by atoms with van der Waals surface area (Å²) in [4.78, 5) is 10.5. The highest BCUT2D eigenvalue weighted by atomic mass is 15.0. The van der Waals surface area contributed by atoms with Crippen molar-refractivity contribution in [3.63, 3.8) is 0 Å². The van der Waals surface area contributed by atoms with E-state index in [1.165, 1.54) is 49.1 Å². The molecule has 3 aromatic heterocycles. The van der Waals surface area contributed by atoms with Crippen LogP contribution in [-0.4, -0.2) is 14.5 Å². The Hall–Kier alpha value is -8.40. The van der Waals surface area contributed by atoms with E-state index in [2.05, 4.69) is 235 Å². The van der Waals surface area contributed by atoms with Crippen LogP contribution in [0.1, 0.15) is 0 Å². The number of pyridine rings is 2. The molecule has 3 heterocycles. The Bertz CT molecular complexity index is 3590. The van der Waals surface area contributed by atoms with Crippen LogP contribution in [0.15, 0.2) is 237 Å². The predicted molar refractivity (Wildman–Crippen MR) is 264 cm³/mol. The van der Waals surface area contributed by atoms with Gasteiger partial charge in [-0.1, -0.05) is 176 Å². The Kier molecular flexibility index (Phi) is 8.83. The number of hydrogen-bond acceptors (Lipinski definition) is 2. The van der Waals surface area contributed by atoms with Crippen molar-refractivity contribution in [1.82, 2.24) is 14.5 Å². The Labute approximate surface area is 365 Å². The summed E-state index contributed by atoms with van der Waals surface area (Å²) >= 11 is 0. The zero-order chi connectivity index (χ0) is 41.7. The first-order valence-corrected chi connectivity index (χ1v) is 21.5. The van der Waals surface area contributed by atoms with Gasteiger partial charge in [-0.05, 0) is 105 Å². The second kappa shape index (κ2) is 15.3. The number of aromatic nitrogens is 3. The van der Waals surface area contributed by atoms with Crippen LogP contribution in [0.25, 0.3) is 116 Å². The molecule has 12 rings (SSSR count). The molecule has 63 heavy (non-hydrogen) atoms. The SMILES string of the molecule is c1ccc(-c2cc(-c3cccc(-c4ccc5c(ccc6nc(-c7ccccc7)cc(-c7ccccc7)c65)c4)c3)cc(-c3ccc(-n4c5ccccc5c5ccccc54)cc3)n2)cc1. The highest BCUT2D eigenvalue weighted by Gasteiger charge is 2.16. The van der Waals surface area contributed by atoms with Gasteiger partial charge in [-0.2, -0.15) is 0 Å². The van der Waals surface area contributed by atoms with E-state index in [4.69, 9.17) is 9.97 Å². The van der Waals surface area contributed by atoms with E-state index in [0.717, 1.165) is 67.2 Å². The molecule has 294 valence electrons. The van der Waals surface area contributed by atoms with E-state index in [9.17, 15) is 0 Å². The fourth-order valence-electron chi connectivity index (χ4n) is 9.31. The summed E-state index contributed by atoms with van der Waals surface area (Å²) in [7, 11) is 0. The number of fused-ring (bicyclic) bond motifs is 6. The molecule has 0 atom stereocenters.